The van der Waals surface area contributed by atoms with Gasteiger partial charge in [0.1, 0.15) is 165 Å². The lowest BCUT2D eigenvalue weighted by atomic mass is 9.41. The molecule has 11 rings (SSSR count). The van der Waals surface area contributed by atoms with Crippen molar-refractivity contribution < 1.29 is 189 Å². The third kappa shape index (κ3) is 14.0. The van der Waals surface area contributed by atoms with Gasteiger partial charge in [0.2, 0.25) is 6.29 Å². The first-order valence-electron chi connectivity index (χ1n) is 33.9. The quantitative estimate of drug-likeness (QED) is 0.0288. The molecule has 576 valence electrons. The summed E-state index contributed by atoms with van der Waals surface area (Å²) in [5.74, 6) is -1.59. The Kier molecular flexibility index (Phi) is 24.6. The van der Waals surface area contributed by atoms with Gasteiger partial charge in [-0.15, -0.1) is 0 Å². The smallest absolute Gasteiger partial charge is 0.314 e. The summed E-state index contributed by atoms with van der Waals surface area (Å²) in [5, 5.41) is 250. The van der Waals surface area contributed by atoms with Crippen LogP contribution in [0.1, 0.15) is 71.6 Å². The van der Waals surface area contributed by atoms with Gasteiger partial charge in [-0.05, 0) is 86.5 Å². The largest absolute Gasteiger partial charge is 0.432 e. The molecule has 7 aliphatic heterocycles. The van der Waals surface area contributed by atoms with Crippen LogP contribution in [-0.4, -0.2) is 390 Å². The molecule has 2 bridgehead atoms. The summed E-state index contributed by atoms with van der Waals surface area (Å²) in [4.78, 5) is 15.5. The van der Waals surface area contributed by atoms with Crippen molar-refractivity contribution in [2.24, 2.45) is 28.1 Å². The van der Waals surface area contributed by atoms with Crippen LogP contribution in [0.25, 0.3) is 0 Å². The second-order valence-electron chi connectivity index (χ2n) is 29.2. The van der Waals surface area contributed by atoms with E-state index in [0.29, 0.717) is 44.1 Å². The Morgan fingerprint density at radius 2 is 0.710 bits per heavy atom. The maximum absolute atomic E-state index is 15.5. The maximum atomic E-state index is 15.5. The van der Waals surface area contributed by atoms with Gasteiger partial charge in [0, 0.05) is 0 Å². The maximum Gasteiger partial charge on any atom is 0.314 e. The topological polar surface area (TPSA) is 612 Å². The predicted octanol–water partition coefficient (Wildman–Crippen LogP) is -11.6. The number of hydrogen-bond donors (Lipinski definition) is 23. The summed E-state index contributed by atoms with van der Waals surface area (Å²) in [6.45, 7) is 1.77. The zero-order valence-corrected chi connectivity index (χ0v) is 54.8. The monoisotopic (exact) mass is 1450 g/mol. The van der Waals surface area contributed by atoms with E-state index in [9.17, 15) is 117 Å². The minimum Gasteiger partial charge on any atom is -0.432 e. The van der Waals surface area contributed by atoms with E-state index in [1.165, 1.54) is 0 Å². The SMILES string of the molecule is C=C1C[C@@]23CC[C@H]4[C@@](C)(CCC[C@@]4(C)C(=O)OC4OC(CO)C(O)C(OC5OC(CO)C(O)C(O)C5O)C4OC4OC(CO)C(O)C(O)C4O)[C@@H]2CC[C@]1(OC1OC(CO)C(O)C(OC2OC(CO)C(O)C(O)C2O)C1OC1OC(CO)C(O)C(OC2OC(CO)C(O)C(O)C2O)C1O)C3. The van der Waals surface area contributed by atoms with Crippen LogP contribution in [-0.2, 0) is 71.1 Å². The van der Waals surface area contributed by atoms with Gasteiger partial charge in [0.15, 0.2) is 43.8 Å². The number of esters is 1. The Balaban J connectivity index is 0.873. The molecule has 11 aliphatic rings. The van der Waals surface area contributed by atoms with Gasteiger partial charge in [-0.2, -0.15) is 0 Å². The second kappa shape index (κ2) is 31.2. The summed E-state index contributed by atoms with van der Waals surface area (Å²) < 4.78 is 85.0. The molecule has 7 heterocycles. The normalized spacial score (nSPS) is 54.5. The van der Waals surface area contributed by atoms with Crippen LogP contribution in [0.5, 0.6) is 0 Å². The predicted molar refractivity (Wildman–Crippen MR) is 317 cm³/mol. The molecular weight excluding hydrogens is 1350 g/mol. The van der Waals surface area contributed by atoms with Crippen LogP contribution in [0.3, 0.4) is 0 Å². The first kappa shape index (κ1) is 78.8. The summed E-state index contributed by atoms with van der Waals surface area (Å²) in [5.41, 5.74) is -3.59. The number of rotatable bonds is 21. The van der Waals surface area contributed by atoms with Crippen molar-refractivity contribution in [3.8, 4) is 0 Å². The van der Waals surface area contributed by atoms with E-state index >= 15 is 4.79 Å². The molecule has 7 saturated heterocycles. The lowest BCUT2D eigenvalue weighted by Gasteiger charge is -2.64. The molecule has 0 radical (unpaired) electrons. The highest BCUT2D eigenvalue weighted by Crippen LogP contribution is 2.74. The van der Waals surface area contributed by atoms with E-state index < -0.39 is 295 Å². The molecule has 38 nitrogen and oxygen atoms in total. The van der Waals surface area contributed by atoms with Crippen LogP contribution >= 0.6 is 0 Å². The van der Waals surface area contributed by atoms with Crippen molar-refractivity contribution in [3.05, 3.63) is 12.2 Å². The molecule has 4 saturated carbocycles. The van der Waals surface area contributed by atoms with Gasteiger partial charge in [0.25, 0.3) is 0 Å². The second-order valence-corrected chi connectivity index (χ2v) is 29.2. The number of carbonyl (C=O) groups is 1. The zero-order valence-electron chi connectivity index (χ0n) is 54.8. The Labute approximate surface area is 571 Å². The Bertz CT molecular complexity index is 2720. The lowest BCUT2D eigenvalue weighted by Crippen LogP contribution is -2.68. The summed E-state index contributed by atoms with van der Waals surface area (Å²) >= 11 is 0. The van der Waals surface area contributed by atoms with Crippen molar-refractivity contribution in [2.75, 3.05) is 46.2 Å². The van der Waals surface area contributed by atoms with Crippen LogP contribution < -0.4 is 0 Å². The van der Waals surface area contributed by atoms with Crippen LogP contribution in [0.2, 0.25) is 0 Å². The fourth-order valence-corrected chi connectivity index (χ4v) is 17.9. The fourth-order valence-electron chi connectivity index (χ4n) is 17.9. The number of fused-ring (bicyclic) bond motifs is 3. The molecule has 0 amide bonds. The van der Waals surface area contributed by atoms with Crippen molar-refractivity contribution in [2.45, 2.75) is 292 Å². The van der Waals surface area contributed by atoms with E-state index in [2.05, 4.69) is 13.5 Å². The highest BCUT2D eigenvalue weighted by atomic mass is 16.8. The van der Waals surface area contributed by atoms with Crippen molar-refractivity contribution in [3.63, 3.8) is 0 Å². The first-order chi connectivity index (χ1) is 47.3. The minimum atomic E-state index is -2.21. The van der Waals surface area contributed by atoms with Crippen LogP contribution in [0.15, 0.2) is 12.2 Å². The highest BCUT2D eigenvalue weighted by molar-refractivity contribution is 5.77. The number of aliphatic hydroxyl groups excluding tert-OH is 23. The summed E-state index contributed by atoms with van der Waals surface area (Å²) in [6, 6.07) is 0. The molecule has 38 heteroatoms. The van der Waals surface area contributed by atoms with Gasteiger partial charge in [-0.3, -0.25) is 4.79 Å². The Hall–Kier alpha value is -2.23. The van der Waals surface area contributed by atoms with Crippen molar-refractivity contribution >= 4 is 5.97 Å². The summed E-state index contributed by atoms with van der Waals surface area (Å²) in [7, 11) is 0. The van der Waals surface area contributed by atoms with E-state index in [4.69, 9.17) is 66.3 Å². The Morgan fingerprint density at radius 3 is 1.12 bits per heavy atom. The molecule has 100 heavy (non-hydrogen) atoms. The van der Waals surface area contributed by atoms with E-state index in [1.807, 2.05) is 0 Å². The molecule has 1 spiro atoms. The standard InChI is InChI=1S/C62H100O38/c1-20-11-61-9-5-28-59(2,7-4-8-60(28,3)58(86)99-56-49(97-54-44(84)40(80)33(73)24(15-66)90-54)47(35(75)26(17-68)92-56)95-52-42(82)38(78)31(71)22(13-64)88-52)29(61)6-10-62(20,19-61)100-57-50(48(36(76)27(18-69)93-57)96-53-43(83)39(79)32(72)23(14-65)89-53)98-55-45(85)46(34(74)25(16-67)91-55)94-51-41(81)37(77)30(70)21(12-63)87-51/h21-57,63-85H,1,4-19H2,2-3H3/t21?,22?,23?,24?,25?,26?,27?,28-,29-,30?,31?,32?,33?,34?,35?,36?,37?,38?,39?,40?,41?,42?,43?,44?,45?,46?,47?,48?,49?,50?,51?,52?,53?,54?,55?,56?,57?,59+,60+,61+,62-/m0/s1. The minimum absolute atomic E-state index is 0.169. The number of ether oxygens (including phenoxy) is 14. The van der Waals surface area contributed by atoms with Gasteiger partial charge in [0.05, 0.1) is 57.3 Å². The molecule has 41 atom stereocenters. The molecule has 0 aromatic heterocycles. The molecule has 0 aromatic carbocycles. The van der Waals surface area contributed by atoms with E-state index in [0.717, 1.165) is 0 Å². The molecule has 23 N–H and O–H groups in total. The number of aliphatic hydroxyl groups is 23. The third-order valence-electron chi connectivity index (χ3n) is 23.4. The average molecular weight is 1450 g/mol. The van der Waals surface area contributed by atoms with Gasteiger partial charge < -0.3 is 184 Å². The van der Waals surface area contributed by atoms with E-state index in [-0.39, 0.29) is 25.2 Å². The fraction of sp³-hybridized carbons (Fsp3) is 0.952. The zero-order chi connectivity index (χ0) is 72.7. The van der Waals surface area contributed by atoms with Crippen molar-refractivity contribution in [1.29, 1.82) is 0 Å². The van der Waals surface area contributed by atoms with Crippen molar-refractivity contribution in [1.82, 2.24) is 0 Å². The molecule has 0 aromatic rings. The lowest BCUT2D eigenvalue weighted by molar-refractivity contribution is -0.406. The molecular formula is C62H100O38. The number of carbonyl (C=O) groups excluding carboxylic acids is 1. The van der Waals surface area contributed by atoms with Gasteiger partial charge >= 0.3 is 5.97 Å². The average Bonchev–Trinajstić information content (AvgIpc) is 1.44. The van der Waals surface area contributed by atoms with Gasteiger partial charge in [-0.1, -0.05) is 19.9 Å². The third-order valence-corrected chi connectivity index (χ3v) is 23.4. The number of hydrogen-bond acceptors (Lipinski definition) is 38. The Morgan fingerprint density at radius 1 is 0.380 bits per heavy atom. The van der Waals surface area contributed by atoms with Crippen LogP contribution in [0.4, 0.5) is 0 Å². The molecule has 11 fully saturated rings. The highest BCUT2D eigenvalue weighted by Gasteiger charge is 2.70. The summed E-state index contributed by atoms with van der Waals surface area (Å²) in [6.07, 6.45) is -64.0. The van der Waals surface area contributed by atoms with E-state index in [1.54, 1.807) is 6.92 Å². The first-order valence-corrected chi connectivity index (χ1v) is 33.9. The van der Waals surface area contributed by atoms with Gasteiger partial charge in [-0.25, -0.2) is 0 Å². The van der Waals surface area contributed by atoms with Crippen LogP contribution in [0, 0.1) is 28.1 Å². The molecule has 4 aliphatic carbocycles. The molecule has 35 unspecified atom stereocenters.